The highest BCUT2D eigenvalue weighted by Gasteiger charge is 2.25. The molecule has 0 spiro atoms. The van der Waals surface area contributed by atoms with E-state index in [1.807, 2.05) is 41.1 Å². The molecule has 1 aliphatic rings. The van der Waals surface area contributed by atoms with E-state index in [1.165, 1.54) is 0 Å². The van der Waals surface area contributed by atoms with Gasteiger partial charge in [-0.3, -0.25) is 4.98 Å². The molecule has 1 aliphatic heterocycles. The largest absolute Gasteiger partial charge is 0.379 e. The molecule has 4 aromatic rings. The van der Waals surface area contributed by atoms with Crippen LogP contribution in [0.4, 0.5) is 0 Å². The number of nitrogens with zero attached hydrogens (tertiary/aromatic N) is 6. The number of ether oxygens (including phenoxy) is 1. The highest BCUT2D eigenvalue weighted by atomic mass is 16.5. The van der Waals surface area contributed by atoms with Gasteiger partial charge in [0.25, 0.3) is 0 Å². The average molecular weight is 333 g/mol. The van der Waals surface area contributed by atoms with E-state index in [0.717, 1.165) is 41.1 Å². The minimum Gasteiger partial charge on any atom is -0.379 e. The van der Waals surface area contributed by atoms with Gasteiger partial charge >= 0.3 is 0 Å². The lowest BCUT2D eigenvalue weighted by molar-refractivity contribution is 0.185. The van der Waals surface area contributed by atoms with Crippen LogP contribution in [0.2, 0.25) is 0 Å². The predicted molar refractivity (Wildman–Crippen MR) is 90.6 cm³/mol. The number of fused-ring (bicyclic) bond motifs is 1. The van der Waals surface area contributed by atoms with Crippen molar-refractivity contribution in [2.24, 2.45) is 0 Å². The Balaban J connectivity index is 1.72. The summed E-state index contributed by atoms with van der Waals surface area (Å²) in [7, 11) is 0. The van der Waals surface area contributed by atoms with E-state index >= 15 is 0 Å². The van der Waals surface area contributed by atoms with E-state index < -0.39 is 0 Å². The Bertz CT molecular complexity index is 1020. The van der Waals surface area contributed by atoms with Crippen molar-refractivity contribution in [2.75, 3.05) is 13.2 Å². The van der Waals surface area contributed by atoms with Crippen molar-refractivity contribution >= 4 is 11.0 Å². The molecule has 0 aliphatic carbocycles. The number of hydrogen-bond acceptors (Lipinski definition) is 6. The van der Waals surface area contributed by atoms with Gasteiger partial charge in [0.2, 0.25) is 0 Å². The number of hydrogen-bond donors (Lipinski definition) is 1. The van der Waals surface area contributed by atoms with Crippen molar-refractivity contribution in [3.63, 3.8) is 0 Å². The molecular weight excluding hydrogens is 318 g/mol. The van der Waals surface area contributed by atoms with Gasteiger partial charge in [0, 0.05) is 18.4 Å². The molecule has 0 bridgehead atoms. The summed E-state index contributed by atoms with van der Waals surface area (Å²) in [5, 5.41) is 15.9. The molecule has 1 fully saturated rings. The molecule has 8 nitrogen and oxygen atoms in total. The fourth-order valence-electron chi connectivity index (χ4n) is 3.13. The molecule has 124 valence electrons. The number of nitrogens with one attached hydrogen (secondary N) is 1. The van der Waals surface area contributed by atoms with Gasteiger partial charge in [-0.2, -0.15) is 15.4 Å². The number of pyridine rings is 1. The molecule has 5 rings (SSSR count). The third-order valence-electron chi connectivity index (χ3n) is 4.36. The molecule has 4 heterocycles. The number of aromatic nitrogens is 7. The zero-order valence-corrected chi connectivity index (χ0v) is 13.3. The minimum atomic E-state index is 0.155. The fraction of sp³-hybridized carbons (Fsp3) is 0.235. The van der Waals surface area contributed by atoms with Crippen LogP contribution in [0.1, 0.15) is 12.5 Å². The lowest BCUT2D eigenvalue weighted by atomic mass is 10.1. The van der Waals surface area contributed by atoms with Crippen LogP contribution in [0.5, 0.6) is 0 Å². The van der Waals surface area contributed by atoms with Gasteiger partial charge in [-0.25, -0.2) is 9.67 Å². The summed E-state index contributed by atoms with van der Waals surface area (Å²) >= 11 is 0. The summed E-state index contributed by atoms with van der Waals surface area (Å²) in [6.07, 6.45) is 2.65. The summed E-state index contributed by atoms with van der Waals surface area (Å²) in [5.74, 6) is 1.36. The third-order valence-corrected chi connectivity index (χ3v) is 4.36. The molecule has 0 amide bonds. The van der Waals surface area contributed by atoms with E-state index in [-0.39, 0.29) is 6.04 Å². The normalized spacial score (nSPS) is 17.4. The zero-order chi connectivity index (χ0) is 16.6. The van der Waals surface area contributed by atoms with Crippen LogP contribution in [0.3, 0.4) is 0 Å². The van der Waals surface area contributed by atoms with Crippen LogP contribution in [0.15, 0.2) is 42.6 Å². The molecule has 0 saturated carbocycles. The van der Waals surface area contributed by atoms with Crippen molar-refractivity contribution < 1.29 is 4.74 Å². The predicted octanol–water partition coefficient (Wildman–Crippen LogP) is 2.24. The van der Waals surface area contributed by atoms with Crippen LogP contribution in [0.25, 0.3) is 33.9 Å². The Morgan fingerprint density at radius 2 is 2.12 bits per heavy atom. The van der Waals surface area contributed by atoms with E-state index in [1.54, 1.807) is 6.20 Å². The smallest absolute Gasteiger partial charge is 0.200 e. The molecule has 1 saturated heterocycles. The Morgan fingerprint density at radius 3 is 2.96 bits per heavy atom. The van der Waals surface area contributed by atoms with E-state index in [9.17, 15) is 0 Å². The first-order valence-electron chi connectivity index (χ1n) is 8.16. The number of rotatable bonds is 3. The van der Waals surface area contributed by atoms with Crippen molar-refractivity contribution in [1.29, 1.82) is 0 Å². The molecular formula is C17H15N7O. The molecule has 1 N–H and O–H groups in total. The van der Waals surface area contributed by atoms with Gasteiger partial charge < -0.3 is 4.74 Å². The molecule has 3 aromatic heterocycles. The minimum absolute atomic E-state index is 0.155. The molecule has 8 heteroatoms. The topological polar surface area (TPSA) is 94.4 Å². The Morgan fingerprint density at radius 1 is 1.12 bits per heavy atom. The van der Waals surface area contributed by atoms with E-state index in [4.69, 9.17) is 14.8 Å². The molecule has 1 unspecified atom stereocenters. The van der Waals surface area contributed by atoms with Crippen LogP contribution >= 0.6 is 0 Å². The lowest BCUT2D eigenvalue weighted by Crippen LogP contribution is -2.12. The number of benzene rings is 1. The Hall–Kier alpha value is -3.13. The first kappa shape index (κ1) is 14.2. The summed E-state index contributed by atoms with van der Waals surface area (Å²) in [5.41, 5.74) is 3.22. The second-order valence-corrected chi connectivity index (χ2v) is 5.93. The summed E-state index contributed by atoms with van der Waals surface area (Å²) in [6, 6.07) is 11.7. The van der Waals surface area contributed by atoms with Gasteiger partial charge in [-0.1, -0.05) is 12.1 Å². The van der Waals surface area contributed by atoms with Gasteiger partial charge in [-0.05, 0) is 30.7 Å². The van der Waals surface area contributed by atoms with Crippen LogP contribution < -0.4 is 0 Å². The van der Waals surface area contributed by atoms with Crippen LogP contribution in [-0.2, 0) is 4.74 Å². The van der Waals surface area contributed by atoms with Gasteiger partial charge in [0.15, 0.2) is 11.6 Å². The number of H-pyrrole nitrogens is 1. The van der Waals surface area contributed by atoms with Gasteiger partial charge in [0.05, 0.1) is 12.6 Å². The van der Waals surface area contributed by atoms with Gasteiger partial charge in [0.1, 0.15) is 16.7 Å². The van der Waals surface area contributed by atoms with Crippen molar-refractivity contribution in [3.8, 4) is 22.9 Å². The fourth-order valence-corrected chi connectivity index (χ4v) is 3.13. The Labute approximate surface area is 142 Å². The van der Waals surface area contributed by atoms with Crippen molar-refractivity contribution in [1.82, 2.24) is 35.2 Å². The second-order valence-electron chi connectivity index (χ2n) is 5.93. The number of para-hydroxylation sites is 1. The highest BCUT2D eigenvalue weighted by Crippen LogP contribution is 2.31. The Kier molecular flexibility index (Phi) is 3.27. The first-order valence-corrected chi connectivity index (χ1v) is 8.16. The maximum absolute atomic E-state index is 5.55. The van der Waals surface area contributed by atoms with Crippen molar-refractivity contribution in [2.45, 2.75) is 12.5 Å². The van der Waals surface area contributed by atoms with Crippen molar-refractivity contribution in [3.05, 3.63) is 42.6 Å². The zero-order valence-electron chi connectivity index (χ0n) is 13.3. The number of aromatic amines is 1. The van der Waals surface area contributed by atoms with E-state index in [0.29, 0.717) is 12.4 Å². The summed E-state index contributed by atoms with van der Waals surface area (Å²) in [4.78, 5) is 9.15. The monoisotopic (exact) mass is 333 g/mol. The van der Waals surface area contributed by atoms with E-state index in [2.05, 4.69) is 20.4 Å². The standard InChI is InChI=1S/C17H15N7O/c1-2-8-18-14(5-1)16-19-17(24(22-16)11-7-9-25-10-11)12-4-3-6-13-15(12)21-23-20-13/h1-6,8,11H,7,9-10H2,(H,20,21,23). The molecule has 0 radical (unpaired) electrons. The third kappa shape index (κ3) is 2.38. The summed E-state index contributed by atoms with van der Waals surface area (Å²) < 4.78 is 7.50. The second kappa shape index (κ2) is 5.75. The van der Waals surface area contributed by atoms with Crippen LogP contribution in [0, 0.1) is 0 Å². The maximum atomic E-state index is 5.55. The quantitative estimate of drug-likeness (QED) is 0.618. The van der Waals surface area contributed by atoms with Crippen LogP contribution in [-0.4, -0.2) is 48.4 Å². The van der Waals surface area contributed by atoms with Gasteiger partial charge in [-0.15, -0.1) is 5.10 Å². The SMILES string of the molecule is c1ccc(-c2nc(-c3cccc4n[nH]nc34)n(C3CCOC3)n2)nc1. The maximum Gasteiger partial charge on any atom is 0.200 e. The summed E-state index contributed by atoms with van der Waals surface area (Å²) in [6.45, 7) is 1.36. The lowest BCUT2D eigenvalue weighted by Gasteiger charge is -2.11. The first-order chi connectivity index (χ1) is 12.4. The highest BCUT2D eigenvalue weighted by molar-refractivity contribution is 5.89. The molecule has 25 heavy (non-hydrogen) atoms. The molecule has 1 aromatic carbocycles. The average Bonchev–Trinajstić information content (AvgIpc) is 3.40. The molecule has 1 atom stereocenters.